The van der Waals surface area contributed by atoms with Crippen molar-refractivity contribution < 1.29 is 4.42 Å². The first-order valence-electron chi connectivity index (χ1n) is 21.4. The highest BCUT2D eigenvalue weighted by atomic mass is 16.3. The van der Waals surface area contributed by atoms with Crippen LogP contribution >= 0.6 is 0 Å². The Balaban J connectivity index is 1.35. The molecule has 0 amide bonds. The van der Waals surface area contributed by atoms with Crippen molar-refractivity contribution in [1.82, 2.24) is 0 Å². The zero-order valence-corrected chi connectivity index (χ0v) is 36.6. The minimum absolute atomic E-state index is 0.0195. The molecule has 2 aliphatic heterocycles. The quantitative estimate of drug-likeness (QED) is 0.164. The lowest BCUT2D eigenvalue weighted by atomic mass is 9.33. The van der Waals surface area contributed by atoms with Crippen LogP contribution in [-0.2, 0) is 21.7 Å². The molecule has 1 aliphatic carbocycles. The molecule has 58 heavy (non-hydrogen) atoms. The van der Waals surface area contributed by atoms with Gasteiger partial charge in [0.15, 0.2) is 0 Å². The molecule has 0 radical (unpaired) electrons. The molecule has 3 aliphatic rings. The van der Waals surface area contributed by atoms with Crippen LogP contribution in [0.1, 0.15) is 115 Å². The van der Waals surface area contributed by atoms with E-state index in [0.717, 1.165) is 27.6 Å². The van der Waals surface area contributed by atoms with Gasteiger partial charge in [0.25, 0.3) is 6.71 Å². The topological polar surface area (TPSA) is 19.6 Å². The van der Waals surface area contributed by atoms with Gasteiger partial charge in [-0.25, -0.2) is 0 Å². The number of para-hydroxylation sites is 1. The molecule has 3 nitrogen and oxygen atoms in total. The summed E-state index contributed by atoms with van der Waals surface area (Å²) in [6.07, 6.45) is 2.35. The summed E-state index contributed by atoms with van der Waals surface area (Å²) in [6, 6.07) is 39.8. The summed E-state index contributed by atoms with van der Waals surface area (Å²) in [7, 11) is 0. The van der Waals surface area contributed by atoms with Gasteiger partial charge in [-0.3, -0.25) is 0 Å². The van der Waals surface area contributed by atoms with Crippen LogP contribution in [0.25, 0.3) is 21.9 Å². The highest BCUT2D eigenvalue weighted by molar-refractivity contribution is 7.00. The smallest absolute Gasteiger partial charge is 0.252 e. The van der Waals surface area contributed by atoms with Crippen LogP contribution in [-0.4, -0.2) is 6.71 Å². The lowest BCUT2D eigenvalue weighted by Gasteiger charge is -2.48. The largest absolute Gasteiger partial charge is 0.456 e. The summed E-state index contributed by atoms with van der Waals surface area (Å²) >= 11 is 0. The van der Waals surface area contributed by atoms with Crippen molar-refractivity contribution in [3.8, 4) is 0 Å². The third-order valence-electron chi connectivity index (χ3n) is 14.0. The molecule has 0 bridgehead atoms. The summed E-state index contributed by atoms with van der Waals surface area (Å²) in [6.45, 7) is 28.5. The average Bonchev–Trinajstić information content (AvgIpc) is 3.55. The number of benzene rings is 6. The van der Waals surface area contributed by atoms with Crippen LogP contribution < -0.4 is 26.2 Å². The summed E-state index contributed by atoms with van der Waals surface area (Å²) in [5.41, 5.74) is 21.8. The number of furan rings is 1. The van der Waals surface area contributed by atoms with E-state index in [-0.39, 0.29) is 28.4 Å². The Morgan fingerprint density at radius 1 is 0.534 bits per heavy atom. The van der Waals surface area contributed by atoms with E-state index in [1.807, 2.05) is 0 Å². The van der Waals surface area contributed by atoms with E-state index < -0.39 is 0 Å². The third kappa shape index (κ3) is 5.39. The Bertz CT molecular complexity index is 2860. The first-order chi connectivity index (χ1) is 27.3. The second-order valence-electron chi connectivity index (χ2n) is 21.1. The maximum absolute atomic E-state index is 6.55. The van der Waals surface area contributed by atoms with E-state index >= 15 is 0 Å². The number of nitrogens with zero attached hydrogens (tertiary/aromatic N) is 2. The molecule has 10 rings (SSSR count). The van der Waals surface area contributed by atoms with Gasteiger partial charge in [-0.1, -0.05) is 124 Å². The molecule has 4 heteroatoms. The standard InChI is InChI=1S/C54H57BN2O/c1-32-26-45-50-46(27-32)57(43-17-15-19-48-49(43)36-16-13-14-18-47(36)58-48)42-23-21-35(52(6,7)8)29-39(42)55(50)40-30-37-38(54(11,12)25-24-53(37,9)10)31-44(40)56(45)41-22-20-34(28-33(41)2)51(3,4)5/h13-23,26-31H,24-25H2,1-12H3. The highest BCUT2D eigenvalue weighted by Gasteiger charge is 2.47. The van der Waals surface area contributed by atoms with Gasteiger partial charge in [0.05, 0.1) is 11.1 Å². The molecule has 0 atom stereocenters. The van der Waals surface area contributed by atoms with E-state index in [2.05, 4.69) is 196 Å². The lowest BCUT2D eigenvalue weighted by molar-refractivity contribution is 0.332. The Morgan fingerprint density at radius 2 is 1.10 bits per heavy atom. The molecular weight excluding hydrogens is 703 g/mol. The van der Waals surface area contributed by atoms with Crippen LogP contribution in [0.2, 0.25) is 0 Å². The molecule has 292 valence electrons. The number of fused-ring (bicyclic) bond motifs is 8. The number of aryl methyl sites for hydroxylation is 2. The summed E-state index contributed by atoms with van der Waals surface area (Å²) in [5, 5.41) is 2.29. The van der Waals surface area contributed by atoms with Crippen molar-refractivity contribution in [1.29, 1.82) is 0 Å². The number of hydrogen-bond acceptors (Lipinski definition) is 3. The predicted octanol–water partition coefficient (Wildman–Crippen LogP) is 13.2. The van der Waals surface area contributed by atoms with Crippen LogP contribution in [0.5, 0.6) is 0 Å². The molecule has 7 aromatic rings. The van der Waals surface area contributed by atoms with Crippen molar-refractivity contribution in [2.45, 2.75) is 118 Å². The van der Waals surface area contributed by atoms with Gasteiger partial charge in [-0.15, -0.1) is 0 Å². The van der Waals surface area contributed by atoms with Gasteiger partial charge in [0, 0.05) is 33.8 Å². The highest BCUT2D eigenvalue weighted by Crippen LogP contribution is 2.52. The van der Waals surface area contributed by atoms with Crippen molar-refractivity contribution in [3.63, 3.8) is 0 Å². The molecule has 0 saturated heterocycles. The molecule has 1 aromatic heterocycles. The first-order valence-corrected chi connectivity index (χ1v) is 21.4. The predicted molar refractivity (Wildman–Crippen MR) is 250 cm³/mol. The van der Waals surface area contributed by atoms with E-state index in [0.29, 0.717) is 0 Å². The normalized spacial score (nSPS) is 16.7. The number of hydrogen-bond donors (Lipinski definition) is 0. The van der Waals surface area contributed by atoms with Gasteiger partial charge < -0.3 is 14.2 Å². The number of anilines is 6. The molecule has 0 fully saturated rings. The van der Waals surface area contributed by atoms with Crippen molar-refractivity contribution in [3.05, 3.63) is 137 Å². The zero-order chi connectivity index (χ0) is 40.8. The maximum atomic E-state index is 6.55. The second-order valence-corrected chi connectivity index (χ2v) is 21.1. The van der Waals surface area contributed by atoms with Crippen molar-refractivity contribution in [2.75, 3.05) is 9.80 Å². The minimum Gasteiger partial charge on any atom is -0.456 e. The van der Waals surface area contributed by atoms with E-state index in [1.165, 1.54) is 91.0 Å². The monoisotopic (exact) mass is 760 g/mol. The fourth-order valence-corrected chi connectivity index (χ4v) is 10.5. The van der Waals surface area contributed by atoms with Gasteiger partial charge in [0.2, 0.25) is 0 Å². The maximum Gasteiger partial charge on any atom is 0.252 e. The van der Waals surface area contributed by atoms with Crippen molar-refractivity contribution >= 4 is 79.2 Å². The molecule has 3 heterocycles. The van der Waals surface area contributed by atoms with Crippen LogP contribution in [0.15, 0.2) is 108 Å². The van der Waals surface area contributed by atoms with Crippen LogP contribution in [0, 0.1) is 13.8 Å². The SMILES string of the molecule is Cc1cc2c3c(c1)N(c1cccc4oc5ccccc5c14)c1ccc(C(C)(C)C)cc1B3c1cc3c(cc1N2c1ccc(C(C)(C)C)cc1C)C(C)(C)CCC3(C)C. The Kier molecular flexibility index (Phi) is 7.78. The molecule has 0 N–H and O–H groups in total. The fourth-order valence-electron chi connectivity index (χ4n) is 10.5. The first kappa shape index (κ1) is 37.1. The average molecular weight is 761 g/mol. The Morgan fingerprint density at radius 3 is 1.76 bits per heavy atom. The molecule has 0 saturated carbocycles. The molecule has 0 unspecified atom stereocenters. The second kappa shape index (κ2) is 12.2. The molecule has 0 spiro atoms. The molecular formula is C54H57BN2O. The van der Waals surface area contributed by atoms with Gasteiger partial charge in [-0.05, 0) is 147 Å². The summed E-state index contributed by atoms with van der Waals surface area (Å²) in [5.74, 6) is 0. The van der Waals surface area contributed by atoms with Crippen LogP contribution in [0.3, 0.4) is 0 Å². The van der Waals surface area contributed by atoms with Gasteiger partial charge in [-0.2, -0.15) is 0 Å². The third-order valence-corrected chi connectivity index (χ3v) is 14.0. The van der Waals surface area contributed by atoms with E-state index in [4.69, 9.17) is 4.42 Å². The summed E-state index contributed by atoms with van der Waals surface area (Å²) in [4.78, 5) is 5.21. The van der Waals surface area contributed by atoms with Crippen molar-refractivity contribution in [2.24, 2.45) is 0 Å². The zero-order valence-electron chi connectivity index (χ0n) is 36.6. The lowest BCUT2D eigenvalue weighted by Crippen LogP contribution is -2.62. The Labute approximate surface area is 346 Å². The molecule has 6 aromatic carbocycles. The summed E-state index contributed by atoms with van der Waals surface area (Å²) < 4.78 is 6.55. The van der Waals surface area contributed by atoms with E-state index in [1.54, 1.807) is 0 Å². The van der Waals surface area contributed by atoms with Gasteiger partial charge >= 0.3 is 0 Å². The number of rotatable bonds is 2. The van der Waals surface area contributed by atoms with Gasteiger partial charge in [0.1, 0.15) is 11.2 Å². The minimum atomic E-state index is -0.0195. The fraction of sp³-hybridized carbons (Fsp3) is 0.333. The van der Waals surface area contributed by atoms with E-state index in [9.17, 15) is 0 Å². The van der Waals surface area contributed by atoms with Crippen LogP contribution in [0.4, 0.5) is 34.1 Å². The Hall–Kier alpha value is -5.22.